The van der Waals surface area contributed by atoms with Crippen LogP contribution in [-0.2, 0) is 10.0 Å². The largest absolute Gasteiger partial charge is 0.486 e. The monoisotopic (exact) mass is 600 g/mol. The number of rotatable bonds is 9. The molecule has 2 N–H and O–H groups in total. The van der Waals surface area contributed by atoms with Crippen LogP contribution in [0.1, 0.15) is 53.4 Å². The van der Waals surface area contributed by atoms with Gasteiger partial charge in [0.05, 0.1) is 12.5 Å². The van der Waals surface area contributed by atoms with Gasteiger partial charge in [0.1, 0.15) is 6.10 Å². The van der Waals surface area contributed by atoms with Gasteiger partial charge in [0.25, 0.3) is 0 Å². The average molecular weight is 601 g/mol. The number of anilines is 3. The standard InChI is InChI=1S/C27H39F3N6O4S/c1-26(2)14-18(15-27(3,4)35(26)5)32-23-20(28)16-31-25(34-23)33-17-7-8-21(22(13-17)40-24(29)30)39-19-9-11-36(12-10-19)41(6,37)38/h7-8,13,16,18-19,24H,9-12,14-15H2,1-6H3,(H2,31,32,33,34). The summed E-state index contributed by atoms with van der Waals surface area (Å²) in [6, 6.07) is 4.37. The molecule has 0 amide bonds. The Labute approximate surface area is 239 Å². The van der Waals surface area contributed by atoms with Crippen molar-refractivity contribution >= 4 is 27.5 Å². The van der Waals surface area contributed by atoms with Crippen molar-refractivity contribution < 1.29 is 31.1 Å². The molecule has 1 aromatic heterocycles. The molecule has 0 radical (unpaired) electrons. The molecular weight excluding hydrogens is 561 g/mol. The molecular formula is C27H39F3N6O4S. The van der Waals surface area contributed by atoms with Crippen molar-refractivity contribution in [2.45, 2.75) is 83.2 Å². The summed E-state index contributed by atoms with van der Waals surface area (Å²) >= 11 is 0. The first-order valence-corrected chi connectivity index (χ1v) is 15.4. The number of likely N-dealkylation sites (tertiary alicyclic amines) is 1. The lowest BCUT2D eigenvalue weighted by molar-refractivity contribution is -0.0523. The number of benzene rings is 1. The Balaban J connectivity index is 1.47. The third-order valence-electron chi connectivity index (χ3n) is 7.97. The van der Waals surface area contributed by atoms with E-state index in [1.54, 1.807) is 6.07 Å². The maximum Gasteiger partial charge on any atom is 0.387 e. The molecule has 41 heavy (non-hydrogen) atoms. The van der Waals surface area contributed by atoms with Gasteiger partial charge in [-0.1, -0.05) is 0 Å². The number of hydrogen-bond acceptors (Lipinski definition) is 9. The zero-order valence-corrected chi connectivity index (χ0v) is 25.1. The van der Waals surface area contributed by atoms with Gasteiger partial charge in [-0.15, -0.1) is 0 Å². The van der Waals surface area contributed by atoms with Crippen LogP contribution >= 0.6 is 0 Å². The molecule has 0 spiro atoms. The summed E-state index contributed by atoms with van der Waals surface area (Å²) in [6.07, 6.45) is 4.21. The van der Waals surface area contributed by atoms with E-state index in [2.05, 4.69) is 60.2 Å². The SMILES string of the molecule is CN1C(C)(C)CC(Nc2nc(Nc3ccc(OC4CCN(S(C)(=O)=O)CC4)c(OC(F)F)c3)ncc2F)CC1(C)C. The number of ether oxygens (including phenoxy) is 2. The van der Waals surface area contributed by atoms with E-state index in [4.69, 9.17) is 9.47 Å². The number of nitrogens with zero attached hydrogens (tertiary/aromatic N) is 4. The molecule has 0 bridgehead atoms. The maximum atomic E-state index is 14.7. The normalized spacial score (nSPS) is 20.6. The van der Waals surface area contributed by atoms with Crippen LogP contribution in [0.25, 0.3) is 0 Å². The van der Waals surface area contributed by atoms with E-state index in [9.17, 15) is 21.6 Å². The highest BCUT2D eigenvalue weighted by Gasteiger charge is 2.43. The van der Waals surface area contributed by atoms with Crippen LogP contribution in [0.5, 0.6) is 11.5 Å². The summed E-state index contributed by atoms with van der Waals surface area (Å²) in [5, 5.41) is 6.16. The van der Waals surface area contributed by atoms with E-state index >= 15 is 0 Å². The van der Waals surface area contributed by atoms with Gasteiger partial charge in [-0.05, 0) is 72.6 Å². The lowest BCUT2D eigenvalue weighted by Gasteiger charge is -2.53. The van der Waals surface area contributed by atoms with Gasteiger partial charge in [0.15, 0.2) is 23.1 Å². The fourth-order valence-electron chi connectivity index (χ4n) is 5.66. The molecule has 2 saturated heterocycles. The fourth-order valence-corrected chi connectivity index (χ4v) is 6.53. The summed E-state index contributed by atoms with van der Waals surface area (Å²) < 4.78 is 76.7. The molecule has 2 aliphatic rings. The molecule has 0 atom stereocenters. The molecule has 0 unspecified atom stereocenters. The second-order valence-electron chi connectivity index (χ2n) is 12.0. The minimum Gasteiger partial charge on any atom is -0.486 e. The van der Waals surface area contributed by atoms with Gasteiger partial charge in [0.2, 0.25) is 16.0 Å². The van der Waals surface area contributed by atoms with Gasteiger partial charge in [-0.3, -0.25) is 4.90 Å². The summed E-state index contributed by atoms with van der Waals surface area (Å²) in [5.41, 5.74) is 0.109. The van der Waals surface area contributed by atoms with Crippen LogP contribution in [0.2, 0.25) is 0 Å². The van der Waals surface area contributed by atoms with Crippen molar-refractivity contribution in [3.63, 3.8) is 0 Å². The smallest absolute Gasteiger partial charge is 0.387 e. The number of nitrogens with one attached hydrogen (secondary N) is 2. The number of sulfonamides is 1. The molecule has 0 saturated carbocycles. The third-order valence-corrected chi connectivity index (χ3v) is 9.28. The maximum absolute atomic E-state index is 14.7. The number of hydrogen-bond donors (Lipinski definition) is 2. The zero-order valence-electron chi connectivity index (χ0n) is 24.2. The van der Waals surface area contributed by atoms with Crippen LogP contribution in [0.3, 0.4) is 0 Å². The Morgan fingerprint density at radius 3 is 2.29 bits per heavy atom. The van der Waals surface area contributed by atoms with Crippen molar-refractivity contribution in [3.05, 3.63) is 30.2 Å². The molecule has 4 rings (SSSR count). The highest BCUT2D eigenvalue weighted by Crippen LogP contribution is 2.38. The number of halogens is 3. The molecule has 0 aliphatic carbocycles. The van der Waals surface area contributed by atoms with Crippen LogP contribution < -0.4 is 20.1 Å². The van der Waals surface area contributed by atoms with Crippen LogP contribution in [0.15, 0.2) is 24.4 Å². The Morgan fingerprint density at radius 1 is 1.07 bits per heavy atom. The van der Waals surface area contributed by atoms with Crippen molar-refractivity contribution in [3.8, 4) is 11.5 Å². The third kappa shape index (κ3) is 7.72. The van der Waals surface area contributed by atoms with Gasteiger partial charge >= 0.3 is 6.61 Å². The van der Waals surface area contributed by atoms with E-state index < -0.39 is 22.5 Å². The quantitative estimate of drug-likeness (QED) is 0.419. The summed E-state index contributed by atoms with van der Waals surface area (Å²) in [4.78, 5) is 10.7. The molecule has 2 aromatic rings. The van der Waals surface area contributed by atoms with E-state index in [1.807, 2.05) is 0 Å². The van der Waals surface area contributed by atoms with Crippen LogP contribution in [-0.4, -0.2) is 83.8 Å². The van der Waals surface area contributed by atoms with E-state index in [0.717, 1.165) is 25.3 Å². The number of aromatic nitrogens is 2. The second-order valence-corrected chi connectivity index (χ2v) is 14.0. The Hall–Kier alpha value is -2.84. The van der Waals surface area contributed by atoms with Gasteiger partial charge < -0.3 is 20.1 Å². The van der Waals surface area contributed by atoms with E-state index in [1.165, 1.54) is 16.4 Å². The molecule has 3 heterocycles. The molecule has 2 aliphatic heterocycles. The lowest BCUT2D eigenvalue weighted by Crippen LogP contribution is -2.61. The first-order valence-electron chi connectivity index (χ1n) is 13.5. The minimum atomic E-state index is -3.30. The van der Waals surface area contributed by atoms with E-state index in [0.29, 0.717) is 18.5 Å². The lowest BCUT2D eigenvalue weighted by atomic mass is 9.77. The molecule has 228 valence electrons. The topological polar surface area (TPSA) is 109 Å². The van der Waals surface area contributed by atoms with Crippen LogP contribution in [0, 0.1) is 5.82 Å². The zero-order chi connectivity index (χ0) is 30.2. The molecule has 1 aromatic carbocycles. The van der Waals surface area contributed by atoms with Crippen molar-refractivity contribution in [1.29, 1.82) is 0 Å². The first kappa shape index (κ1) is 31.1. The van der Waals surface area contributed by atoms with Crippen LogP contribution in [0.4, 0.5) is 30.6 Å². The minimum absolute atomic E-state index is 0.0276. The summed E-state index contributed by atoms with van der Waals surface area (Å²) in [7, 11) is -1.21. The molecule has 2 fully saturated rings. The van der Waals surface area contributed by atoms with E-state index in [-0.39, 0.29) is 59.6 Å². The Morgan fingerprint density at radius 2 is 1.71 bits per heavy atom. The summed E-state index contributed by atoms with van der Waals surface area (Å²) in [5.74, 6) is -0.578. The predicted molar refractivity (Wildman–Crippen MR) is 151 cm³/mol. The highest BCUT2D eigenvalue weighted by atomic mass is 32.2. The number of alkyl halides is 2. The van der Waals surface area contributed by atoms with Gasteiger partial charge in [-0.25, -0.2) is 22.1 Å². The Bertz CT molecular complexity index is 1320. The van der Waals surface area contributed by atoms with Gasteiger partial charge in [0, 0.05) is 42.0 Å². The van der Waals surface area contributed by atoms with Crippen molar-refractivity contribution in [2.75, 3.05) is 37.0 Å². The van der Waals surface area contributed by atoms with Gasteiger partial charge in [-0.2, -0.15) is 13.8 Å². The fraction of sp³-hybridized carbons (Fsp3) is 0.630. The average Bonchev–Trinajstić information content (AvgIpc) is 2.85. The molecule has 10 nitrogen and oxygen atoms in total. The number of piperidine rings is 2. The second kappa shape index (κ2) is 11.8. The van der Waals surface area contributed by atoms with Crippen molar-refractivity contribution in [1.82, 2.24) is 19.2 Å². The van der Waals surface area contributed by atoms with Crippen molar-refractivity contribution in [2.24, 2.45) is 0 Å². The predicted octanol–water partition coefficient (Wildman–Crippen LogP) is 4.83. The highest BCUT2D eigenvalue weighted by molar-refractivity contribution is 7.88. The molecule has 14 heteroatoms. The first-order chi connectivity index (χ1) is 19.0. The summed E-state index contributed by atoms with van der Waals surface area (Å²) in [6.45, 7) is 6.06. The Kier molecular flexibility index (Phi) is 8.95.